The number of hydrogen-bond acceptors (Lipinski definition) is 3. The van der Waals surface area contributed by atoms with E-state index in [4.69, 9.17) is 11.6 Å². The zero-order chi connectivity index (χ0) is 14.3. The predicted molar refractivity (Wildman–Crippen MR) is 86.5 cm³/mol. The summed E-state index contributed by atoms with van der Waals surface area (Å²) in [6, 6.07) is 9.89. The topological polar surface area (TPSA) is 52.0 Å². The maximum atomic E-state index is 12.6. The Labute approximate surface area is 134 Å². The van der Waals surface area contributed by atoms with E-state index in [2.05, 4.69) is 27.6 Å². The SMILES string of the molecule is O=S(=O)(c1ccccc1)n1cc(I)c2c(Cl)ccnc21. The van der Waals surface area contributed by atoms with Gasteiger partial charge in [0.2, 0.25) is 0 Å². The van der Waals surface area contributed by atoms with E-state index in [1.165, 1.54) is 16.4 Å². The van der Waals surface area contributed by atoms with Crippen LogP contribution in [0, 0.1) is 3.57 Å². The average molecular weight is 419 g/mol. The third kappa shape index (κ3) is 2.11. The lowest BCUT2D eigenvalue weighted by atomic mass is 10.3. The van der Waals surface area contributed by atoms with Crippen molar-refractivity contribution in [3.8, 4) is 0 Å². The zero-order valence-corrected chi connectivity index (χ0v) is 13.7. The molecule has 102 valence electrons. The Kier molecular flexibility index (Phi) is 3.47. The number of hydrogen-bond donors (Lipinski definition) is 0. The molecule has 0 fully saturated rings. The van der Waals surface area contributed by atoms with Crippen LogP contribution < -0.4 is 0 Å². The molecule has 0 aliphatic heterocycles. The maximum absolute atomic E-state index is 12.6. The van der Waals surface area contributed by atoms with E-state index in [0.717, 1.165) is 3.57 Å². The van der Waals surface area contributed by atoms with E-state index < -0.39 is 10.0 Å². The van der Waals surface area contributed by atoms with Gasteiger partial charge in [0, 0.05) is 16.0 Å². The number of rotatable bonds is 2. The molecule has 0 spiro atoms. The van der Waals surface area contributed by atoms with Crippen LogP contribution in [0.1, 0.15) is 0 Å². The molecular formula is C13H8ClIN2O2S. The first-order valence-electron chi connectivity index (χ1n) is 5.63. The molecule has 20 heavy (non-hydrogen) atoms. The fraction of sp³-hybridized carbons (Fsp3) is 0. The molecule has 2 heterocycles. The van der Waals surface area contributed by atoms with Gasteiger partial charge in [-0.15, -0.1) is 0 Å². The Morgan fingerprint density at radius 2 is 1.85 bits per heavy atom. The summed E-state index contributed by atoms with van der Waals surface area (Å²) < 4.78 is 27.2. The van der Waals surface area contributed by atoms with Crippen LogP contribution in [0.15, 0.2) is 53.7 Å². The number of nitrogens with zero attached hydrogens (tertiary/aromatic N) is 2. The first-order chi connectivity index (χ1) is 9.51. The van der Waals surface area contributed by atoms with Gasteiger partial charge < -0.3 is 0 Å². The van der Waals surface area contributed by atoms with Crippen LogP contribution in [0.4, 0.5) is 0 Å². The molecule has 0 N–H and O–H groups in total. The summed E-state index contributed by atoms with van der Waals surface area (Å²) >= 11 is 8.17. The average Bonchev–Trinajstić information content (AvgIpc) is 2.79. The van der Waals surface area contributed by atoms with Gasteiger partial charge >= 0.3 is 0 Å². The van der Waals surface area contributed by atoms with Crippen molar-refractivity contribution >= 4 is 55.2 Å². The van der Waals surface area contributed by atoms with Crippen molar-refractivity contribution in [2.45, 2.75) is 4.90 Å². The zero-order valence-electron chi connectivity index (χ0n) is 9.99. The second-order valence-corrected chi connectivity index (χ2v) is 7.47. The molecule has 3 rings (SSSR count). The molecule has 1 aromatic carbocycles. The second kappa shape index (κ2) is 5.01. The molecule has 0 atom stereocenters. The van der Waals surface area contributed by atoms with Crippen LogP contribution in [0.3, 0.4) is 0 Å². The summed E-state index contributed by atoms with van der Waals surface area (Å²) in [5, 5.41) is 1.13. The van der Waals surface area contributed by atoms with Crippen LogP contribution in [-0.2, 0) is 10.0 Å². The van der Waals surface area contributed by atoms with Gasteiger partial charge in [-0.1, -0.05) is 29.8 Å². The van der Waals surface area contributed by atoms with Gasteiger partial charge in [0.25, 0.3) is 10.0 Å². The van der Waals surface area contributed by atoms with Crippen molar-refractivity contribution in [3.05, 3.63) is 57.4 Å². The highest BCUT2D eigenvalue weighted by Gasteiger charge is 2.22. The van der Waals surface area contributed by atoms with E-state index in [0.29, 0.717) is 16.1 Å². The molecule has 7 heteroatoms. The minimum absolute atomic E-state index is 0.218. The molecule has 0 unspecified atom stereocenters. The largest absolute Gasteiger partial charge is 0.269 e. The van der Waals surface area contributed by atoms with Gasteiger partial charge in [-0.05, 0) is 40.8 Å². The van der Waals surface area contributed by atoms with Crippen molar-refractivity contribution in [2.24, 2.45) is 0 Å². The molecule has 0 bridgehead atoms. The molecule has 4 nitrogen and oxygen atoms in total. The van der Waals surface area contributed by atoms with E-state index in [9.17, 15) is 8.42 Å². The lowest BCUT2D eigenvalue weighted by Gasteiger charge is -2.06. The van der Waals surface area contributed by atoms with Gasteiger partial charge in [0.15, 0.2) is 5.65 Å². The molecule has 0 amide bonds. The molecule has 0 saturated carbocycles. The Balaban J connectivity index is 2.34. The lowest BCUT2D eigenvalue weighted by molar-refractivity contribution is 0.588. The quantitative estimate of drug-likeness (QED) is 0.598. The Morgan fingerprint density at radius 1 is 1.15 bits per heavy atom. The normalized spacial score (nSPS) is 11.9. The van der Waals surface area contributed by atoms with Gasteiger partial charge in [-0.2, -0.15) is 0 Å². The molecular weight excluding hydrogens is 411 g/mol. The second-order valence-electron chi connectivity index (χ2n) is 4.08. The Bertz CT molecular complexity index is 891. The van der Waals surface area contributed by atoms with E-state index in [1.807, 2.05) is 0 Å². The summed E-state index contributed by atoms with van der Waals surface area (Å²) in [4.78, 5) is 4.37. The first kappa shape index (κ1) is 13.8. The van der Waals surface area contributed by atoms with Crippen molar-refractivity contribution < 1.29 is 8.42 Å². The van der Waals surface area contributed by atoms with Crippen molar-refractivity contribution in [1.82, 2.24) is 8.96 Å². The standard InChI is InChI=1S/C13H8ClIN2O2S/c14-10-6-7-16-13-12(10)11(15)8-17(13)20(18,19)9-4-2-1-3-5-9/h1-8H. The van der Waals surface area contributed by atoms with Gasteiger partial charge in [-0.25, -0.2) is 17.4 Å². The maximum Gasteiger partial charge on any atom is 0.269 e. The number of aromatic nitrogens is 2. The van der Waals surface area contributed by atoms with Crippen LogP contribution in [0.5, 0.6) is 0 Å². The van der Waals surface area contributed by atoms with E-state index in [-0.39, 0.29) is 4.90 Å². The summed E-state index contributed by atoms with van der Waals surface area (Å²) in [7, 11) is -3.67. The Morgan fingerprint density at radius 3 is 2.55 bits per heavy atom. The molecule has 0 radical (unpaired) electrons. The molecule has 0 aliphatic rings. The Hall–Kier alpha value is -1.12. The van der Waals surface area contributed by atoms with E-state index in [1.54, 1.807) is 36.4 Å². The highest BCUT2D eigenvalue weighted by Crippen LogP contribution is 2.30. The lowest BCUT2D eigenvalue weighted by Crippen LogP contribution is -2.12. The van der Waals surface area contributed by atoms with Crippen LogP contribution in [0.2, 0.25) is 5.02 Å². The number of fused-ring (bicyclic) bond motifs is 1. The molecule has 0 aliphatic carbocycles. The van der Waals surface area contributed by atoms with Crippen molar-refractivity contribution in [1.29, 1.82) is 0 Å². The minimum Gasteiger partial charge on any atom is -0.237 e. The summed E-state index contributed by atoms with van der Waals surface area (Å²) in [5.41, 5.74) is 0.339. The van der Waals surface area contributed by atoms with Crippen molar-refractivity contribution in [2.75, 3.05) is 0 Å². The molecule has 2 aromatic heterocycles. The van der Waals surface area contributed by atoms with E-state index >= 15 is 0 Å². The fourth-order valence-corrected chi connectivity index (χ4v) is 4.67. The number of benzene rings is 1. The number of halogens is 2. The van der Waals surface area contributed by atoms with Crippen molar-refractivity contribution in [3.63, 3.8) is 0 Å². The van der Waals surface area contributed by atoms with Crippen LogP contribution in [0.25, 0.3) is 11.0 Å². The van der Waals surface area contributed by atoms with Gasteiger partial charge in [0.1, 0.15) is 0 Å². The third-order valence-electron chi connectivity index (χ3n) is 2.86. The van der Waals surface area contributed by atoms with Crippen LogP contribution >= 0.6 is 34.2 Å². The van der Waals surface area contributed by atoms with Gasteiger partial charge in [0.05, 0.1) is 15.3 Å². The first-order valence-corrected chi connectivity index (χ1v) is 8.53. The van der Waals surface area contributed by atoms with Crippen LogP contribution in [-0.4, -0.2) is 17.4 Å². The smallest absolute Gasteiger partial charge is 0.237 e. The van der Waals surface area contributed by atoms with Gasteiger partial charge in [-0.3, -0.25) is 0 Å². The fourth-order valence-electron chi connectivity index (χ4n) is 1.93. The highest BCUT2D eigenvalue weighted by atomic mass is 127. The predicted octanol–water partition coefficient (Wildman–Crippen LogP) is 3.53. The summed E-state index contributed by atoms with van der Waals surface area (Å²) in [6.45, 7) is 0. The minimum atomic E-state index is -3.67. The molecule has 0 saturated heterocycles. The third-order valence-corrected chi connectivity index (χ3v) is 5.66. The molecule has 3 aromatic rings. The summed E-state index contributed by atoms with van der Waals surface area (Å²) in [5.74, 6) is 0. The monoisotopic (exact) mass is 418 g/mol. The number of pyridine rings is 1. The highest BCUT2D eigenvalue weighted by molar-refractivity contribution is 14.1. The summed E-state index contributed by atoms with van der Waals surface area (Å²) in [6.07, 6.45) is 3.03.